The lowest BCUT2D eigenvalue weighted by molar-refractivity contribution is 0.277. The molecule has 21 heavy (non-hydrogen) atoms. The maximum atomic E-state index is 12.7. The Labute approximate surface area is 126 Å². The van der Waals surface area contributed by atoms with Gasteiger partial charge in [-0.15, -0.1) is 0 Å². The number of aryl methyl sites for hydroxylation is 1. The molecule has 1 aliphatic heterocycles. The first-order chi connectivity index (χ1) is 9.97. The van der Waals surface area contributed by atoms with Crippen LogP contribution in [0.25, 0.3) is 0 Å². The van der Waals surface area contributed by atoms with E-state index < -0.39 is 10.0 Å². The summed E-state index contributed by atoms with van der Waals surface area (Å²) in [5.41, 5.74) is 0.125. The van der Waals surface area contributed by atoms with Crippen molar-refractivity contribution >= 4 is 10.0 Å². The van der Waals surface area contributed by atoms with Gasteiger partial charge in [0.15, 0.2) is 0 Å². The Bertz CT molecular complexity index is 564. The molecule has 7 heteroatoms. The van der Waals surface area contributed by atoms with Crippen molar-refractivity contribution in [2.75, 3.05) is 19.7 Å². The molecule has 2 rings (SSSR count). The first kappa shape index (κ1) is 16.5. The fourth-order valence-electron chi connectivity index (χ4n) is 2.91. The van der Waals surface area contributed by atoms with Crippen molar-refractivity contribution in [2.24, 2.45) is 5.41 Å². The molecule has 0 aliphatic carbocycles. The van der Waals surface area contributed by atoms with Crippen LogP contribution in [-0.4, -0.2) is 47.3 Å². The van der Waals surface area contributed by atoms with Gasteiger partial charge in [-0.25, -0.2) is 8.42 Å². The molecule has 0 bridgehead atoms. The number of sulfonamides is 1. The highest BCUT2D eigenvalue weighted by molar-refractivity contribution is 7.89. The van der Waals surface area contributed by atoms with Crippen LogP contribution in [0.4, 0.5) is 0 Å². The number of hydrogen-bond acceptors (Lipinski definition) is 4. The molecule has 1 saturated heterocycles. The van der Waals surface area contributed by atoms with Gasteiger partial charge < -0.3 is 5.11 Å². The second-order valence-electron chi connectivity index (χ2n) is 5.81. The van der Waals surface area contributed by atoms with Crippen molar-refractivity contribution in [1.82, 2.24) is 14.1 Å². The van der Waals surface area contributed by atoms with Crippen LogP contribution in [0.2, 0.25) is 0 Å². The quantitative estimate of drug-likeness (QED) is 0.826. The molecule has 2 heterocycles. The fourth-order valence-corrected chi connectivity index (χ4v) is 4.42. The van der Waals surface area contributed by atoms with Crippen LogP contribution in [0, 0.1) is 5.41 Å². The van der Waals surface area contributed by atoms with Gasteiger partial charge in [0.25, 0.3) is 0 Å². The van der Waals surface area contributed by atoms with Gasteiger partial charge in [0, 0.05) is 32.4 Å². The first-order valence-electron chi connectivity index (χ1n) is 7.61. The number of aromatic nitrogens is 2. The Hall–Kier alpha value is -0.920. The third-order valence-electron chi connectivity index (χ3n) is 4.70. The lowest BCUT2D eigenvalue weighted by Gasteiger charge is -2.26. The predicted molar refractivity (Wildman–Crippen MR) is 80.3 cm³/mol. The van der Waals surface area contributed by atoms with E-state index in [0.29, 0.717) is 26.1 Å². The summed E-state index contributed by atoms with van der Waals surface area (Å²) in [6, 6.07) is 0. The summed E-state index contributed by atoms with van der Waals surface area (Å²) in [4.78, 5) is 0.253. The van der Waals surface area contributed by atoms with Gasteiger partial charge in [0.2, 0.25) is 10.0 Å². The number of rotatable bonds is 7. The minimum Gasteiger partial charge on any atom is -0.396 e. The second kappa shape index (κ2) is 6.46. The van der Waals surface area contributed by atoms with Gasteiger partial charge in [0.05, 0.1) is 6.20 Å². The minimum atomic E-state index is -3.45. The monoisotopic (exact) mass is 315 g/mol. The molecule has 0 spiro atoms. The highest BCUT2D eigenvalue weighted by Gasteiger charge is 2.40. The van der Waals surface area contributed by atoms with E-state index in [4.69, 9.17) is 5.11 Å². The molecular formula is C14H25N3O3S. The average molecular weight is 315 g/mol. The van der Waals surface area contributed by atoms with Crippen LogP contribution >= 0.6 is 0 Å². The molecular weight excluding hydrogens is 290 g/mol. The molecule has 0 atom stereocenters. The second-order valence-corrected chi connectivity index (χ2v) is 7.75. The number of aliphatic hydroxyl groups excluding tert-OH is 1. The lowest BCUT2D eigenvalue weighted by atomic mass is 9.82. The van der Waals surface area contributed by atoms with Crippen molar-refractivity contribution in [3.05, 3.63) is 12.4 Å². The van der Waals surface area contributed by atoms with E-state index in [1.54, 1.807) is 15.2 Å². The van der Waals surface area contributed by atoms with E-state index in [0.717, 1.165) is 19.3 Å². The summed E-state index contributed by atoms with van der Waals surface area (Å²) in [5.74, 6) is 0. The Morgan fingerprint density at radius 3 is 2.67 bits per heavy atom. The minimum absolute atomic E-state index is 0.0730. The van der Waals surface area contributed by atoms with E-state index in [-0.39, 0.29) is 16.9 Å². The zero-order valence-corrected chi connectivity index (χ0v) is 13.6. The summed E-state index contributed by atoms with van der Waals surface area (Å²) in [7, 11) is -3.45. The molecule has 1 N–H and O–H groups in total. The summed E-state index contributed by atoms with van der Waals surface area (Å²) in [5, 5.41) is 12.9. The molecule has 6 nitrogen and oxygen atoms in total. The first-order valence-corrected chi connectivity index (χ1v) is 9.05. The smallest absolute Gasteiger partial charge is 0.246 e. The van der Waals surface area contributed by atoms with E-state index in [9.17, 15) is 8.42 Å². The van der Waals surface area contributed by atoms with Crippen LogP contribution in [0.5, 0.6) is 0 Å². The molecule has 0 aromatic carbocycles. The average Bonchev–Trinajstić information content (AvgIpc) is 3.13. The zero-order chi connectivity index (χ0) is 15.5. The largest absolute Gasteiger partial charge is 0.396 e. The van der Waals surface area contributed by atoms with Crippen LogP contribution in [0.1, 0.15) is 39.5 Å². The maximum absolute atomic E-state index is 12.7. The number of nitrogens with zero attached hydrogens (tertiary/aromatic N) is 3. The van der Waals surface area contributed by atoms with Crippen molar-refractivity contribution in [3.8, 4) is 0 Å². The summed E-state index contributed by atoms with van der Waals surface area (Å²) >= 11 is 0. The summed E-state index contributed by atoms with van der Waals surface area (Å²) < 4.78 is 28.5. The van der Waals surface area contributed by atoms with Gasteiger partial charge in [-0.3, -0.25) is 4.68 Å². The molecule has 1 aliphatic rings. The molecule has 1 aromatic rings. The van der Waals surface area contributed by atoms with Crippen LogP contribution in [0.15, 0.2) is 17.3 Å². The molecule has 0 amide bonds. The van der Waals surface area contributed by atoms with Crippen LogP contribution < -0.4 is 0 Å². The maximum Gasteiger partial charge on any atom is 0.246 e. The summed E-state index contributed by atoms with van der Waals surface area (Å²) in [6.07, 6.45) is 6.47. The Balaban J connectivity index is 2.14. The summed E-state index contributed by atoms with van der Waals surface area (Å²) in [6.45, 7) is 6.05. The Kier molecular flexibility index (Phi) is 5.06. The fraction of sp³-hybridized carbons (Fsp3) is 0.786. The van der Waals surface area contributed by atoms with Gasteiger partial charge >= 0.3 is 0 Å². The van der Waals surface area contributed by atoms with Gasteiger partial charge in [-0.05, 0) is 31.1 Å². The highest BCUT2D eigenvalue weighted by atomic mass is 32.2. The zero-order valence-electron chi connectivity index (χ0n) is 12.8. The Morgan fingerprint density at radius 1 is 1.38 bits per heavy atom. The molecule has 0 saturated carbocycles. The van der Waals surface area contributed by atoms with Crippen molar-refractivity contribution in [3.63, 3.8) is 0 Å². The van der Waals surface area contributed by atoms with Gasteiger partial charge in [-0.1, -0.05) is 13.8 Å². The molecule has 1 fully saturated rings. The standard InChI is InChI=1S/C14H25N3O3S/c1-3-14(4-2)6-8-17(12-14)21(19,20)13-10-15-16(11-13)7-5-9-18/h10-11,18H,3-9,12H2,1-2H3. The normalized spacial score (nSPS) is 19.2. The van der Waals surface area contributed by atoms with Crippen molar-refractivity contribution in [1.29, 1.82) is 0 Å². The highest BCUT2D eigenvalue weighted by Crippen LogP contribution is 2.39. The third-order valence-corrected chi connectivity index (χ3v) is 6.49. The Morgan fingerprint density at radius 2 is 2.10 bits per heavy atom. The van der Waals surface area contributed by atoms with Gasteiger partial charge in [0.1, 0.15) is 4.90 Å². The molecule has 0 unspecified atom stereocenters. The lowest BCUT2D eigenvalue weighted by Crippen LogP contribution is -2.31. The van der Waals surface area contributed by atoms with Crippen LogP contribution in [0.3, 0.4) is 0 Å². The van der Waals surface area contributed by atoms with Crippen molar-refractivity contribution in [2.45, 2.75) is 51.0 Å². The van der Waals surface area contributed by atoms with E-state index >= 15 is 0 Å². The van der Waals surface area contributed by atoms with E-state index in [1.165, 1.54) is 6.20 Å². The molecule has 0 radical (unpaired) electrons. The SMILES string of the molecule is CCC1(CC)CCN(S(=O)(=O)c2cnn(CCCO)c2)C1. The topological polar surface area (TPSA) is 75.4 Å². The van der Waals surface area contributed by atoms with E-state index in [2.05, 4.69) is 18.9 Å². The van der Waals surface area contributed by atoms with E-state index in [1.807, 2.05) is 0 Å². The number of hydrogen-bond donors (Lipinski definition) is 1. The molecule has 120 valence electrons. The molecule has 1 aromatic heterocycles. The van der Waals surface area contributed by atoms with Crippen molar-refractivity contribution < 1.29 is 13.5 Å². The van der Waals surface area contributed by atoms with Gasteiger partial charge in [-0.2, -0.15) is 9.40 Å². The predicted octanol–water partition coefficient (Wildman–Crippen LogP) is 1.47. The number of aliphatic hydroxyl groups is 1. The van der Waals surface area contributed by atoms with Crippen LogP contribution in [-0.2, 0) is 16.6 Å². The third kappa shape index (κ3) is 3.30.